The molecule has 12 heteroatoms. The summed E-state index contributed by atoms with van der Waals surface area (Å²) in [6, 6.07) is 17.9. The van der Waals surface area contributed by atoms with E-state index in [1.165, 1.54) is 24.1 Å². The Balaban J connectivity index is 1.24. The van der Waals surface area contributed by atoms with Crippen LogP contribution in [0.1, 0.15) is 12.8 Å². The maximum Gasteiger partial charge on any atom is 0.256 e. The van der Waals surface area contributed by atoms with Gasteiger partial charge < -0.3 is 24.6 Å². The molecule has 0 unspecified atom stereocenters. The third kappa shape index (κ3) is 7.23. The SMILES string of the molecule is COc1ccc(NC(=O)C[C@H]2C(=O)N(c3ccc(OC)c(Cl)c3)C(=S)N2CCCN2CCN(c3ccc(F)cc3)CC2)cc1. The van der Waals surface area contributed by atoms with Gasteiger partial charge in [0.1, 0.15) is 23.4 Å². The van der Waals surface area contributed by atoms with Crippen LogP contribution in [-0.2, 0) is 9.59 Å². The molecule has 1 atom stereocenters. The number of anilines is 3. The second kappa shape index (κ2) is 14.2. The van der Waals surface area contributed by atoms with E-state index in [2.05, 4.69) is 15.1 Å². The lowest BCUT2D eigenvalue weighted by atomic mass is 10.1. The van der Waals surface area contributed by atoms with E-state index in [0.717, 1.165) is 44.8 Å². The summed E-state index contributed by atoms with van der Waals surface area (Å²) < 4.78 is 23.8. The fraction of sp³-hybridized carbons (Fsp3) is 0.344. The van der Waals surface area contributed by atoms with Gasteiger partial charge in [0.05, 0.1) is 31.4 Å². The monoisotopic (exact) mass is 639 g/mol. The summed E-state index contributed by atoms with van der Waals surface area (Å²) in [6.45, 7) is 4.72. The molecule has 2 amide bonds. The first-order valence-electron chi connectivity index (χ1n) is 14.4. The van der Waals surface area contributed by atoms with Crippen LogP contribution >= 0.6 is 23.8 Å². The van der Waals surface area contributed by atoms with Gasteiger partial charge in [-0.15, -0.1) is 0 Å². The highest BCUT2D eigenvalue weighted by atomic mass is 35.5. The van der Waals surface area contributed by atoms with Gasteiger partial charge >= 0.3 is 0 Å². The lowest BCUT2D eigenvalue weighted by molar-refractivity contribution is -0.124. The molecule has 0 bridgehead atoms. The number of ether oxygens (including phenoxy) is 2. The molecular formula is C32H35ClFN5O4S. The molecule has 5 rings (SSSR count). The number of piperazine rings is 1. The van der Waals surface area contributed by atoms with Gasteiger partial charge in [-0.3, -0.25) is 19.4 Å². The summed E-state index contributed by atoms with van der Waals surface area (Å²) in [5, 5.41) is 3.56. The first-order valence-corrected chi connectivity index (χ1v) is 15.2. The number of hydrogen-bond acceptors (Lipinski definition) is 7. The lowest BCUT2D eigenvalue weighted by Gasteiger charge is -2.36. The van der Waals surface area contributed by atoms with Crippen molar-refractivity contribution in [2.45, 2.75) is 18.9 Å². The van der Waals surface area contributed by atoms with Gasteiger partial charge in [-0.05, 0) is 91.9 Å². The van der Waals surface area contributed by atoms with Crippen molar-refractivity contribution >= 4 is 57.8 Å². The predicted octanol–water partition coefficient (Wildman–Crippen LogP) is 5.04. The van der Waals surface area contributed by atoms with E-state index in [9.17, 15) is 14.0 Å². The van der Waals surface area contributed by atoms with Gasteiger partial charge in [-0.1, -0.05) is 11.6 Å². The zero-order chi connectivity index (χ0) is 31.2. The zero-order valence-electron chi connectivity index (χ0n) is 24.7. The zero-order valence-corrected chi connectivity index (χ0v) is 26.2. The smallest absolute Gasteiger partial charge is 0.256 e. The second-order valence-corrected chi connectivity index (χ2v) is 11.4. The van der Waals surface area contributed by atoms with Gasteiger partial charge in [-0.2, -0.15) is 0 Å². The minimum absolute atomic E-state index is 0.0677. The molecular weight excluding hydrogens is 605 g/mol. The average Bonchev–Trinajstić information content (AvgIpc) is 3.26. The number of benzene rings is 3. The molecule has 0 radical (unpaired) electrons. The van der Waals surface area contributed by atoms with Crippen LogP contribution in [0.2, 0.25) is 5.02 Å². The Morgan fingerprint density at radius 3 is 2.27 bits per heavy atom. The highest BCUT2D eigenvalue weighted by Crippen LogP contribution is 2.33. The number of nitrogens with one attached hydrogen (secondary N) is 1. The van der Waals surface area contributed by atoms with Crippen LogP contribution in [0, 0.1) is 5.82 Å². The molecule has 232 valence electrons. The van der Waals surface area contributed by atoms with E-state index in [1.54, 1.807) is 49.6 Å². The molecule has 2 saturated heterocycles. The minimum atomic E-state index is -0.767. The summed E-state index contributed by atoms with van der Waals surface area (Å²) in [5.41, 5.74) is 2.14. The number of halogens is 2. The number of hydrogen-bond donors (Lipinski definition) is 1. The Hall–Kier alpha value is -3.93. The summed E-state index contributed by atoms with van der Waals surface area (Å²) >= 11 is 12.2. The van der Waals surface area contributed by atoms with Gasteiger partial charge in [0.2, 0.25) is 5.91 Å². The van der Waals surface area contributed by atoms with Crippen LogP contribution < -0.4 is 24.6 Å². The minimum Gasteiger partial charge on any atom is -0.497 e. The molecule has 3 aromatic rings. The molecule has 0 aliphatic carbocycles. The van der Waals surface area contributed by atoms with Crippen LogP contribution in [0.3, 0.4) is 0 Å². The summed E-state index contributed by atoms with van der Waals surface area (Å²) in [4.78, 5) is 34.9. The van der Waals surface area contributed by atoms with Crippen molar-refractivity contribution in [2.75, 3.05) is 68.6 Å². The number of nitrogens with zero attached hydrogens (tertiary/aromatic N) is 4. The first kappa shape index (κ1) is 31.5. The maximum absolute atomic E-state index is 13.8. The Bertz CT molecular complexity index is 1480. The third-order valence-corrected chi connectivity index (χ3v) is 8.61. The lowest BCUT2D eigenvalue weighted by Crippen LogP contribution is -2.47. The Labute approximate surface area is 267 Å². The molecule has 44 heavy (non-hydrogen) atoms. The van der Waals surface area contributed by atoms with Crippen molar-refractivity contribution in [3.8, 4) is 11.5 Å². The van der Waals surface area contributed by atoms with Crippen LogP contribution in [0.25, 0.3) is 0 Å². The van der Waals surface area contributed by atoms with Crippen LogP contribution in [0.4, 0.5) is 21.5 Å². The fourth-order valence-electron chi connectivity index (χ4n) is 5.53. The van der Waals surface area contributed by atoms with Crippen LogP contribution in [0.15, 0.2) is 66.7 Å². The van der Waals surface area contributed by atoms with Crippen molar-refractivity contribution in [3.05, 3.63) is 77.6 Å². The van der Waals surface area contributed by atoms with Crippen molar-refractivity contribution in [2.24, 2.45) is 0 Å². The topological polar surface area (TPSA) is 77.6 Å². The number of rotatable bonds is 11. The molecule has 2 aliphatic heterocycles. The van der Waals surface area contributed by atoms with E-state index in [4.69, 9.17) is 33.3 Å². The Morgan fingerprint density at radius 2 is 1.64 bits per heavy atom. The number of thiocarbonyl (C=S) groups is 1. The maximum atomic E-state index is 13.8. The Kier molecular flexibility index (Phi) is 10.2. The number of methoxy groups -OCH3 is 2. The summed E-state index contributed by atoms with van der Waals surface area (Å²) in [6.07, 6.45) is 0.680. The first-order chi connectivity index (χ1) is 21.3. The van der Waals surface area contributed by atoms with Gasteiger partial charge in [-0.25, -0.2) is 4.39 Å². The van der Waals surface area contributed by atoms with Gasteiger partial charge in [0.25, 0.3) is 5.91 Å². The van der Waals surface area contributed by atoms with Gasteiger partial charge in [0.15, 0.2) is 5.11 Å². The van der Waals surface area contributed by atoms with E-state index in [-0.39, 0.29) is 24.1 Å². The normalized spacial score (nSPS) is 17.3. The molecule has 2 fully saturated rings. The molecule has 0 aromatic heterocycles. The highest BCUT2D eigenvalue weighted by molar-refractivity contribution is 7.80. The summed E-state index contributed by atoms with van der Waals surface area (Å²) in [5.74, 6) is 0.341. The number of carbonyl (C=O) groups is 2. The molecule has 2 heterocycles. The Morgan fingerprint density at radius 1 is 0.955 bits per heavy atom. The molecule has 1 N–H and O–H groups in total. The molecule has 0 spiro atoms. The second-order valence-electron chi connectivity index (χ2n) is 10.6. The largest absolute Gasteiger partial charge is 0.497 e. The standard InChI is InChI=1S/C32H35ClFN5O4S/c1-42-26-11-6-23(7-12-26)35-30(40)21-28-31(41)39(25-10-13-29(43-2)27(33)20-25)32(44)38(28)15-3-14-36-16-18-37(19-17-36)24-8-4-22(34)5-9-24/h4-13,20,28H,3,14-19,21H2,1-2H3,(H,35,40)/t28-/m0/s1. The van der Waals surface area contributed by atoms with Crippen molar-refractivity contribution in [3.63, 3.8) is 0 Å². The van der Waals surface area contributed by atoms with Crippen LogP contribution in [-0.4, -0.2) is 86.3 Å². The van der Waals surface area contributed by atoms with E-state index in [0.29, 0.717) is 39.6 Å². The molecule has 2 aliphatic rings. The fourth-order valence-corrected chi connectivity index (χ4v) is 6.19. The van der Waals surface area contributed by atoms with Gasteiger partial charge in [0, 0.05) is 44.1 Å². The summed E-state index contributed by atoms with van der Waals surface area (Å²) in [7, 11) is 3.10. The van der Waals surface area contributed by atoms with Crippen molar-refractivity contribution < 1.29 is 23.5 Å². The predicted molar refractivity (Wildman–Crippen MR) is 174 cm³/mol. The average molecular weight is 640 g/mol. The molecule has 9 nitrogen and oxygen atoms in total. The van der Waals surface area contributed by atoms with Crippen LogP contribution in [0.5, 0.6) is 11.5 Å². The third-order valence-electron chi connectivity index (χ3n) is 7.90. The molecule has 3 aromatic carbocycles. The van der Waals surface area contributed by atoms with E-state index < -0.39 is 6.04 Å². The number of carbonyl (C=O) groups excluding carboxylic acids is 2. The number of amides is 2. The highest BCUT2D eigenvalue weighted by Gasteiger charge is 2.44. The van der Waals surface area contributed by atoms with E-state index >= 15 is 0 Å². The quantitative estimate of drug-likeness (QED) is 0.293. The molecule has 0 saturated carbocycles. The van der Waals surface area contributed by atoms with Crippen molar-refractivity contribution in [1.82, 2.24) is 9.80 Å². The van der Waals surface area contributed by atoms with Crippen molar-refractivity contribution in [1.29, 1.82) is 0 Å². The van der Waals surface area contributed by atoms with E-state index in [1.807, 2.05) is 17.0 Å².